The minimum Gasteiger partial charge on any atom is -0.248 e. The van der Waals surface area contributed by atoms with Crippen molar-refractivity contribution < 1.29 is 0 Å². The van der Waals surface area contributed by atoms with Gasteiger partial charge in [0.05, 0.1) is 11.4 Å². The highest BCUT2D eigenvalue weighted by atomic mass is 15.4. The third kappa shape index (κ3) is 3.56. The van der Waals surface area contributed by atoms with E-state index >= 15 is 0 Å². The van der Waals surface area contributed by atoms with Gasteiger partial charge in [-0.2, -0.15) is 10.2 Å². The first-order chi connectivity index (χ1) is 13.0. The second-order valence-corrected chi connectivity index (χ2v) is 7.21. The van der Waals surface area contributed by atoms with Crippen molar-refractivity contribution in [3.05, 3.63) is 83.2 Å². The van der Waals surface area contributed by atoms with Gasteiger partial charge in [0.15, 0.2) is 0 Å². The first-order valence-electron chi connectivity index (χ1n) is 9.22. The molecule has 0 fully saturated rings. The van der Waals surface area contributed by atoms with Crippen LogP contribution < -0.4 is 0 Å². The van der Waals surface area contributed by atoms with Gasteiger partial charge in [0, 0.05) is 22.5 Å². The van der Waals surface area contributed by atoms with Gasteiger partial charge in [-0.25, -0.2) is 9.36 Å². The zero-order valence-electron chi connectivity index (χ0n) is 16.3. The van der Waals surface area contributed by atoms with Crippen LogP contribution in [0.4, 0.5) is 0 Å². The summed E-state index contributed by atoms with van der Waals surface area (Å²) in [4.78, 5) is 0. The molecule has 0 spiro atoms. The molecule has 0 saturated heterocycles. The van der Waals surface area contributed by atoms with Crippen LogP contribution >= 0.6 is 0 Å². The van der Waals surface area contributed by atoms with E-state index in [4.69, 9.17) is 10.2 Å². The van der Waals surface area contributed by atoms with Crippen LogP contribution in [-0.4, -0.2) is 19.6 Å². The molecule has 4 aromatic rings. The van der Waals surface area contributed by atoms with Crippen molar-refractivity contribution in [2.45, 2.75) is 34.4 Å². The first kappa shape index (κ1) is 17.3. The molecule has 4 nitrogen and oxygen atoms in total. The number of hydrogen-bond acceptors (Lipinski definition) is 2. The number of hydrogen-bond donors (Lipinski definition) is 0. The van der Waals surface area contributed by atoms with Crippen LogP contribution in [0.5, 0.6) is 0 Å². The summed E-state index contributed by atoms with van der Waals surface area (Å²) in [6, 6.07) is 21.2. The van der Waals surface area contributed by atoms with E-state index in [1.54, 1.807) is 0 Å². The van der Waals surface area contributed by atoms with E-state index in [-0.39, 0.29) is 0 Å². The Morgan fingerprint density at radius 2 is 0.963 bits per heavy atom. The summed E-state index contributed by atoms with van der Waals surface area (Å²) in [5, 5.41) is 9.59. The van der Waals surface area contributed by atoms with Crippen molar-refractivity contribution in [1.29, 1.82) is 0 Å². The molecule has 0 N–H and O–H groups in total. The van der Waals surface area contributed by atoms with E-state index in [9.17, 15) is 0 Å². The molecule has 0 bridgehead atoms. The summed E-state index contributed by atoms with van der Waals surface area (Å²) < 4.78 is 4.02. The lowest BCUT2D eigenvalue weighted by Gasteiger charge is -2.07. The quantitative estimate of drug-likeness (QED) is 0.507. The van der Waals surface area contributed by atoms with Crippen molar-refractivity contribution in [2.24, 2.45) is 0 Å². The maximum atomic E-state index is 4.80. The largest absolute Gasteiger partial charge is 0.248 e. The molecular formula is C23H24N4. The Morgan fingerprint density at radius 3 is 1.33 bits per heavy atom. The highest BCUT2D eigenvalue weighted by molar-refractivity contribution is 5.60. The van der Waals surface area contributed by atoms with Gasteiger partial charge in [-0.15, -0.1) is 0 Å². The van der Waals surface area contributed by atoms with Gasteiger partial charge in [0.25, 0.3) is 0 Å². The Morgan fingerprint density at radius 1 is 0.593 bits per heavy atom. The molecule has 2 heterocycles. The van der Waals surface area contributed by atoms with E-state index in [1.807, 2.05) is 9.36 Å². The van der Waals surface area contributed by atoms with Gasteiger partial charge in [-0.1, -0.05) is 59.7 Å². The fourth-order valence-corrected chi connectivity index (χ4v) is 3.16. The van der Waals surface area contributed by atoms with E-state index in [0.717, 1.165) is 33.9 Å². The van der Waals surface area contributed by atoms with Crippen LogP contribution in [0.2, 0.25) is 0 Å². The Kier molecular flexibility index (Phi) is 4.40. The molecule has 0 amide bonds. The molecule has 0 radical (unpaired) electrons. The van der Waals surface area contributed by atoms with Crippen molar-refractivity contribution in [2.75, 3.05) is 0 Å². The summed E-state index contributed by atoms with van der Waals surface area (Å²) in [5.41, 5.74) is 9.03. The zero-order valence-corrected chi connectivity index (χ0v) is 16.3. The summed E-state index contributed by atoms with van der Waals surface area (Å²) in [7, 11) is 0. The van der Waals surface area contributed by atoms with Crippen LogP contribution in [0.25, 0.3) is 22.5 Å². The lowest BCUT2D eigenvalue weighted by atomic mass is 10.1. The van der Waals surface area contributed by atoms with Gasteiger partial charge < -0.3 is 0 Å². The average Bonchev–Trinajstić information content (AvgIpc) is 3.20. The van der Waals surface area contributed by atoms with Crippen LogP contribution in [0.1, 0.15) is 22.5 Å². The molecular weight excluding hydrogens is 332 g/mol. The summed E-state index contributed by atoms with van der Waals surface area (Å²) >= 11 is 0. The average molecular weight is 356 g/mol. The van der Waals surface area contributed by atoms with Crippen molar-refractivity contribution in [3.8, 4) is 22.5 Å². The minimum atomic E-state index is 0.607. The molecule has 4 heteroatoms. The third-order valence-electron chi connectivity index (χ3n) is 4.92. The van der Waals surface area contributed by atoms with Crippen LogP contribution in [-0.2, 0) is 6.67 Å². The Bertz CT molecular complexity index is 979. The molecule has 0 saturated carbocycles. The van der Waals surface area contributed by atoms with Gasteiger partial charge in [0.2, 0.25) is 0 Å². The Labute approximate surface area is 160 Å². The lowest BCUT2D eigenvalue weighted by molar-refractivity contribution is 0.486. The maximum absolute atomic E-state index is 4.80. The molecule has 0 aliphatic carbocycles. The maximum Gasteiger partial charge on any atom is 0.133 e. The van der Waals surface area contributed by atoms with Crippen molar-refractivity contribution in [3.63, 3.8) is 0 Å². The second kappa shape index (κ2) is 6.88. The molecule has 2 aromatic carbocycles. The van der Waals surface area contributed by atoms with E-state index in [1.165, 1.54) is 11.1 Å². The fourth-order valence-electron chi connectivity index (χ4n) is 3.16. The van der Waals surface area contributed by atoms with Crippen molar-refractivity contribution in [1.82, 2.24) is 19.6 Å². The molecule has 0 atom stereocenters. The fraction of sp³-hybridized carbons (Fsp3) is 0.217. The lowest BCUT2D eigenvalue weighted by Crippen LogP contribution is -2.13. The summed E-state index contributed by atoms with van der Waals surface area (Å²) in [6.45, 7) is 8.98. The van der Waals surface area contributed by atoms with Crippen LogP contribution in [0, 0.1) is 27.7 Å². The molecule has 2 aromatic heterocycles. The minimum absolute atomic E-state index is 0.607. The molecule has 0 unspecified atom stereocenters. The number of aromatic nitrogens is 4. The molecule has 27 heavy (non-hydrogen) atoms. The van der Waals surface area contributed by atoms with E-state index in [0.29, 0.717) is 6.67 Å². The van der Waals surface area contributed by atoms with Gasteiger partial charge >= 0.3 is 0 Å². The normalized spacial score (nSPS) is 11.1. The van der Waals surface area contributed by atoms with Gasteiger partial charge in [0.1, 0.15) is 6.67 Å². The summed E-state index contributed by atoms with van der Waals surface area (Å²) in [6.07, 6.45) is 0. The highest BCUT2D eigenvalue weighted by Gasteiger charge is 2.10. The predicted octanol–water partition coefficient (Wildman–Crippen LogP) is 5.15. The number of benzene rings is 2. The molecule has 0 aliphatic heterocycles. The van der Waals surface area contributed by atoms with Gasteiger partial charge in [-0.3, -0.25) is 0 Å². The topological polar surface area (TPSA) is 35.6 Å². The molecule has 4 rings (SSSR count). The smallest absolute Gasteiger partial charge is 0.133 e. The van der Waals surface area contributed by atoms with Crippen LogP contribution in [0.15, 0.2) is 60.7 Å². The van der Waals surface area contributed by atoms with Gasteiger partial charge in [-0.05, 0) is 39.8 Å². The number of aryl methyl sites for hydroxylation is 4. The van der Waals surface area contributed by atoms with Crippen molar-refractivity contribution >= 4 is 0 Å². The van der Waals surface area contributed by atoms with E-state index in [2.05, 4.69) is 88.4 Å². The zero-order chi connectivity index (χ0) is 19.0. The first-order valence-corrected chi connectivity index (χ1v) is 9.22. The third-order valence-corrected chi connectivity index (χ3v) is 4.92. The number of rotatable bonds is 4. The van der Waals surface area contributed by atoms with E-state index < -0.39 is 0 Å². The van der Waals surface area contributed by atoms with Crippen LogP contribution in [0.3, 0.4) is 0 Å². The standard InChI is InChI=1S/C23H24N4/c1-16-5-9-20(10-6-16)22-13-18(3)26(24-22)15-27-19(4)14-23(25-27)21-11-7-17(2)8-12-21/h5-14H,15H2,1-4H3. The molecule has 136 valence electrons. The summed E-state index contributed by atoms with van der Waals surface area (Å²) in [5.74, 6) is 0. The predicted molar refractivity (Wildman–Crippen MR) is 110 cm³/mol. The highest BCUT2D eigenvalue weighted by Crippen LogP contribution is 2.22. The number of nitrogens with zero attached hydrogens (tertiary/aromatic N) is 4. The monoisotopic (exact) mass is 356 g/mol. The SMILES string of the molecule is Cc1ccc(-c2cc(C)n(Cn3nc(-c4ccc(C)cc4)cc3C)n2)cc1. The Balaban J connectivity index is 1.61. The molecule has 0 aliphatic rings. The second-order valence-electron chi connectivity index (χ2n) is 7.21. The Hall–Kier alpha value is -3.14.